The van der Waals surface area contributed by atoms with Crippen LogP contribution < -0.4 is 5.32 Å². The Labute approximate surface area is 164 Å². The molecule has 4 rings (SSSR count). The van der Waals surface area contributed by atoms with Crippen LogP contribution in [-0.2, 0) is 0 Å². The predicted molar refractivity (Wildman–Crippen MR) is 116 cm³/mol. The van der Waals surface area contributed by atoms with Crippen LogP contribution in [0.2, 0.25) is 0 Å². The Morgan fingerprint density at radius 1 is 0.926 bits per heavy atom. The van der Waals surface area contributed by atoms with E-state index in [1.54, 1.807) is 17.7 Å². The third-order valence-electron chi connectivity index (χ3n) is 4.88. The summed E-state index contributed by atoms with van der Waals surface area (Å²) < 4.78 is 0. The van der Waals surface area contributed by atoms with Gasteiger partial charge >= 0.3 is 0 Å². The number of rotatable bonds is 4. The van der Waals surface area contributed by atoms with Gasteiger partial charge in [-0.3, -0.25) is 0 Å². The molecule has 0 fully saturated rings. The fourth-order valence-corrected chi connectivity index (χ4v) is 4.28. The lowest BCUT2D eigenvalue weighted by molar-refractivity contribution is 0.867. The van der Waals surface area contributed by atoms with E-state index in [4.69, 9.17) is 0 Å². The van der Waals surface area contributed by atoms with Crippen molar-refractivity contribution in [1.82, 2.24) is 9.97 Å². The van der Waals surface area contributed by atoms with Crippen LogP contribution in [-0.4, -0.2) is 9.97 Å². The summed E-state index contributed by atoms with van der Waals surface area (Å²) in [5.41, 5.74) is 7.34. The highest BCUT2D eigenvalue weighted by Crippen LogP contribution is 2.38. The van der Waals surface area contributed by atoms with E-state index in [2.05, 4.69) is 90.8 Å². The van der Waals surface area contributed by atoms with Gasteiger partial charge in [0.05, 0.1) is 5.39 Å². The van der Waals surface area contributed by atoms with Gasteiger partial charge < -0.3 is 5.32 Å². The first-order valence-electron chi connectivity index (χ1n) is 9.19. The first-order chi connectivity index (χ1) is 13.0. The highest BCUT2D eigenvalue weighted by atomic mass is 32.1. The summed E-state index contributed by atoms with van der Waals surface area (Å²) >= 11 is 1.66. The summed E-state index contributed by atoms with van der Waals surface area (Å²) in [5, 5.41) is 6.77. The third-order valence-corrected chi connectivity index (χ3v) is 5.77. The van der Waals surface area contributed by atoms with Gasteiger partial charge in [0.15, 0.2) is 0 Å². The maximum Gasteiger partial charge on any atom is 0.143 e. The quantitative estimate of drug-likeness (QED) is 0.425. The van der Waals surface area contributed by atoms with Crippen molar-refractivity contribution in [2.45, 2.75) is 33.6 Å². The molecule has 0 atom stereocenters. The number of nitrogens with zero attached hydrogens (tertiary/aromatic N) is 2. The molecule has 0 aliphatic heterocycles. The Morgan fingerprint density at radius 2 is 1.70 bits per heavy atom. The molecule has 0 spiro atoms. The average molecular weight is 374 g/mol. The van der Waals surface area contributed by atoms with Crippen LogP contribution in [0.3, 0.4) is 0 Å². The Kier molecular flexibility index (Phi) is 4.66. The van der Waals surface area contributed by atoms with Crippen LogP contribution in [0.25, 0.3) is 21.3 Å². The number of fused-ring (bicyclic) bond motifs is 1. The first kappa shape index (κ1) is 17.7. The first-order valence-corrected chi connectivity index (χ1v) is 10.1. The molecule has 0 bridgehead atoms. The molecule has 27 heavy (non-hydrogen) atoms. The Bertz CT molecular complexity index is 1090. The zero-order valence-electron chi connectivity index (χ0n) is 16.1. The van der Waals surface area contributed by atoms with Crippen molar-refractivity contribution >= 4 is 33.1 Å². The van der Waals surface area contributed by atoms with Gasteiger partial charge in [0.1, 0.15) is 17.0 Å². The second-order valence-corrected chi connectivity index (χ2v) is 8.13. The highest BCUT2D eigenvalue weighted by molar-refractivity contribution is 7.17. The maximum atomic E-state index is 4.55. The third kappa shape index (κ3) is 3.45. The van der Waals surface area contributed by atoms with Gasteiger partial charge in [-0.05, 0) is 48.6 Å². The predicted octanol–water partition coefficient (Wildman–Crippen LogP) is 6.84. The van der Waals surface area contributed by atoms with E-state index in [0.717, 1.165) is 21.7 Å². The second kappa shape index (κ2) is 7.12. The van der Waals surface area contributed by atoms with Crippen LogP contribution in [0.15, 0.2) is 54.2 Å². The number of aryl methyl sites for hydroxylation is 2. The van der Waals surface area contributed by atoms with Crippen molar-refractivity contribution in [1.29, 1.82) is 0 Å². The van der Waals surface area contributed by atoms with E-state index in [1.165, 1.54) is 27.8 Å². The molecule has 0 aliphatic carbocycles. The fraction of sp³-hybridized carbons (Fsp3) is 0.217. The van der Waals surface area contributed by atoms with Crippen molar-refractivity contribution in [3.63, 3.8) is 0 Å². The Balaban J connectivity index is 1.78. The number of aromatic nitrogens is 2. The standard InChI is InChI=1S/C23H23N3S/c1-14(2)17-6-8-18(9-7-17)26-22-21-20(12-27-23(21)25-13-24-22)19-10-5-15(3)11-16(19)4/h5-14H,1-4H3,(H,24,25,26). The van der Waals surface area contributed by atoms with Gasteiger partial charge in [-0.15, -0.1) is 11.3 Å². The number of benzene rings is 2. The zero-order chi connectivity index (χ0) is 19.0. The van der Waals surface area contributed by atoms with E-state index in [1.807, 2.05) is 0 Å². The van der Waals surface area contributed by atoms with Gasteiger partial charge in [-0.2, -0.15) is 0 Å². The number of hydrogen-bond donors (Lipinski definition) is 1. The summed E-state index contributed by atoms with van der Waals surface area (Å²) in [7, 11) is 0. The monoisotopic (exact) mass is 373 g/mol. The SMILES string of the molecule is Cc1ccc(-c2csc3ncnc(Nc4ccc(C(C)C)cc4)c23)c(C)c1. The minimum Gasteiger partial charge on any atom is -0.340 e. The molecule has 136 valence electrons. The summed E-state index contributed by atoms with van der Waals surface area (Å²) in [6.45, 7) is 8.70. The average Bonchev–Trinajstić information content (AvgIpc) is 3.07. The van der Waals surface area contributed by atoms with Crippen molar-refractivity contribution in [3.05, 3.63) is 70.9 Å². The minimum absolute atomic E-state index is 0.526. The molecule has 0 saturated heterocycles. The fourth-order valence-electron chi connectivity index (χ4n) is 3.37. The molecule has 4 aromatic rings. The van der Waals surface area contributed by atoms with E-state index >= 15 is 0 Å². The summed E-state index contributed by atoms with van der Waals surface area (Å²) in [6.07, 6.45) is 1.63. The molecule has 0 saturated carbocycles. The van der Waals surface area contributed by atoms with Crippen LogP contribution in [0.4, 0.5) is 11.5 Å². The molecule has 0 unspecified atom stereocenters. The number of hydrogen-bond acceptors (Lipinski definition) is 4. The Hall–Kier alpha value is -2.72. The van der Waals surface area contributed by atoms with Crippen LogP contribution in [0, 0.1) is 13.8 Å². The van der Waals surface area contributed by atoms with Crippen molar-refractivity contribution in [2.75, 3.05) is 5.32 Å². The number of nitrogens with one attached hydrogen (secondary N) is 1. The van der Waals surface area contributed by atoms with Gasteiger partial charge in [-0.25, -0.2) is 9.97 Å². The molecule has 2 aromatic carbocycles. The lowest BCUT2D eigenvalue weighted by atomic mass is 9.99. The van der Waals surface area contributed by atoms with Crippen LogP contribution in [0.1, 0.15) is 36.5 Å². The second-order valence-electron chi connectivity index (χ2n) is 7.27. The molecule has 2 heterocycles. The molecule has 0 radical (unpaired) electrons. The molecule has 3 nitrogen and oxygen atoms in total. The van der Waals surface area contributed by atoms with Gasteiger partial charge in [-0.1, -0.05) is 49.7 Å². The Morgan fingerprint density at radius 3 is 2.41 bits per heavy atom. The van der Waals surface area contributed by atoms with E-state index in [-0.39, 0.29) is 0 Å². The molecule has 4 heteroatoms. The smallest absolute Gasteiger partial charge is 0.143 e. The largest absolute Gasteiger partial charge is 0.340 e. The molecule has 2 aromatic heterocycles. The highest BCUT2D eigenvalue weighted by Gasteiger charge is 2.15. The van der Waals surface area contributed by atoms with Gasteiger partial charge in [0, 0.05) is 16.6 Å². The molecular formula is C23H23N3S. The lowest BCUT2D eigenvalue weighted by Crippen LogP contribution is -1.96. The lowest BCUT2D eigenvalue weighted by Gasteiger charge is -2.11. The van der Waals surface area contributed by atoms with Gasteiger partial charge in [0.2, 0.25) is 0 Å². The normalized spacial score (nSPS) is 11.3. The molecule has 1 N–H and O–H groups in total. The van der Waals surface area contributed by atoms with Crippen LogP contribution in [0.5, 0.6) is 0 Å². The summed E-state index contributed by atoms with van der Waals surface area (Å²) in [5.74, 6) is 1.38. The molecule has 0 amide bonds. The van der Waals surface area contributed by atoms with E-state index in [9.17, 15) is 0 Å². The van der Waals surface area contributed by atoms with Crippen LogP contribution >= 0.6 is 11.3 Å². The molecular weight excluding hydrogens is 350 g/mol. The maximum absolute atomic E-state index is 4.55. The van der Waals surface area contributed by atoms with Crippen molar-refractivity contribution in [3.8, 4) is 11.1 Å². The minimum atomic E-state index is 0.526. The van der Waals surface area contributed by atoms with Gasteiger partial charge in [0.25, 0.3) is 0 Å². The van der Waals surface area contributed by atoms with Crippen molar-refractivity contribution in [2.24, 2.45) is 0 Å². The topological polar surface area (TPSA) is 37.8 Å². The molecule has 0 aliphatic rings. The van der Waals surface area contributed by atoms with Crippen molar-refractivity contribution < 1.29 is 0 Å². The summed E-state index contributed by atoms with van der Waals surface area (Å²) in [6, 6.07) is 15.2. The summed E-state index contributed by atoms with van der Waals surface area (Å²) in [4.78, 5) is 10.0. The van der Waals surface area contributed by atoms with E-state index < -0.39 is 0 Å². The number of anilines is 2. The number of thiophene rings is 1. The zero-order valence-corrected chi connectivity index (χ0v) is 16.9. The van der Waals surface area contributed by atoms with E-state index in [0.29, 0.717) is 5.92 Å².